The summed E-state index contributed by atoms with van der Waals surface area (Å²) in [4.78, 5) is 13.4. The first-order chi connectivity index (χ1) is 11.5. The molecule has 134 valence electrons. The van der Waals surface area contributed by atoms with Crippen LogP contribution in [0.4, 0.5) is 0 Å². The first kappa shape index (κ1) is 21.5. The van der Waals surface area contributed by atoms with Gasteiger partial charge in [0.15, 0.2) is 0 Å². The van der Waals surface area contributed by atoms with Crippen LogP contribution in [0.3, 0.4) is 0 Å². The van der Waals surface area contributed by atoms with Crippen molar-refractivity contribution in [2.45, 2.75) is 27.7 Å². The van der Waals surface area contributed by atoms with Crippen LogP contribution in [0, 0.1) is 0 Å². The molecule has 4 nitrogen and oxygen atoms in total. The van der Waals surface area contributed by atoms with Crippen LogP contribution in [0.2, 0.25) is 0 Å². The van der Waals surface area contributed by atoms with Crippen molar-refractivity contribution >= 4 is 36.9 Å². The molecule has 0 spiro atoms. The van der Waals surface area contributed by atoms with E-state index in [4.69, 9.17) is 9.05 Å². The first-order valence-corrected chi connectivity index (χ1v) is 11.5. The number of benzene rings is 1. The van der Waals surface area contributed by atoms with Gasteiger partial charge in [0.1, 0.15) is 4.65 Å². The molecule has 0 aliphatic heterocycles. The molecule has 7 heteroatoms. The van der Waals surface area contributed by atoms with E-state index < -0.39 is 7.60 Å². The third-order valence-corrected chi connectivity index (χ3v) is 7.84. The number of Topliss-reactive ketones (excluding diaryl/α,β-unsaturated/α-hetero) is 1. The number of hydrogen-bond acceptors (Lipinski definition) is 6. The Morgan fingerprint density at radius 2 is 1.50 bits per heavy atom. The van der Waals surface area contributed by atoms with Gasteiger partial charge in [0.2, 0.25) is 5.78 Å². The lowest BCUT2D eigenvalue weighted by Crippen LogP contribution is -2.07. The molecule has 24 heavy (non-hydrogen) atoms. The third kappa shape index (κ3) is 5.78. The number of thioether (sulfide) groups is 2. The van der Waals surface area contributed by atoms with E-state index in [2.05, 4.69) is 0 Å². The summed E-state index contributed by atoms with van der Waals surface area (Å²) in [5.74, 6) is 1.23. The zero-order valence-electron chi connectivity index (χ0n) is 14.6. The minimum absolute atomic E-state index is 0.141. The molecule has 1 rings (SSSR count). The molecular weight excluding hydrogens is 363 g/mol. The van der Waals surface area contributed by atoms with Gasteiger partial charge in [-0.15, -0.1) is 23.5 Å². The Hall–Kier alpha value is -0.520. The smallest absolute Gasteiger partial charge is 0.305 e. The van der Waals surface area contributed by atoms with Crippen LogP contribution in [0.1, 0.15) is 38.1 Å². The minimum atomic E-state index is -3.51. The van der Waals surface area contributed by atoms with E-state index in [-0.39, 0.29) is 19.0 Å². The Bertz CT molecular complexity index is 592. The van der Waals surface area contributed by atoms with Crippen molar-refractivity contribution in [3.8, 4) is 0 Å². The predicted molar refractivity (Wildman–Crippen MR) is 105 cm³/mol. The van der Waals surface area contributed by atoms with E-state index in [0.29, 0.717) is 26.6 Å². The molecule has 0 aliphatic rings. The second kappa shape index (κ2) is 11.2. The van der Waals surface area contributed by atoms with Gasteiger partial charge in [-0.1, -0.05) is 44.2 Å². The SMILES string of the molecule is CCOP(=O)(OCC)/C(SCC)=C(\SCC)C(=O)c1ccccc1. The Labute approximate surface area is 153 Å². The molecule has 0 bridgehead atoms. The maximum atomic E-state index is 13.3. The van der Waals surface area contributed by atoms with Gasteiger partial charge in [0.05, 0.1) is 18.1 Å². The van der Waals surface area contributed by atoms with Gasteiger partial charge in [0.25, 0.3) is 0 Å². The van der Waals surface area contributed by atoms with Crippen molar-refractivity contribution in [1.82, 2.24) is 0 Å². The Balaban J connectivity index is 3.47. The predicted octanol–water partition coefficient (Wildman–Crippen LogP) is 5.81. The average molecular weight is 388 g/mol. The number of hydrogen-bond donors (Lipinski definition) is 0. The number of rotatable bonds is 11. The first-order valence-electron chi connectivity index (χ1n) is 8.03. The van der Waals surface area contributed by atoms with Gasteiger partial charge in [-0.2, -0.15) is 0 Å². The average Bonchev–Trinajstić information content (AvgIpc) is 2.58. The summed E-state index contributed by atoms with van der Waals surface area (Å²) >= 11 is 2.74. The summed E-state index contributed by atoms with van der Waals surface area (Å²) in [5, 5.41) is 0. The normalized spacial score (nSPS) is 12.8. The van der Waals surface area contributed by atoms with E-state index in [0.717, 1.165) is 0 Å². The van der Waals surface area contributed by atoms with Crippen molar-refractivity contribution in [3.63, 3.8) is 0 Å². The second-order valence-corrected chi connectivity index (χ2v) is 9.34. The molecule has 0 atom stereocenters. The third-order valence-electron chi connectivity index (χ3n) is 2.85. The van der Waals surface area contributed by atoms with Gasteiger partial charge < -0.3 is 9.05 Å². The van der Waals surface area contributed by atoms with Crippen LogP contribution in [-0.4, -0.2) is 30.5 Å². The lowest BCUT2D eigenvalue weighted by atomic mass is 10.1. The molecule has 0 amide bonds. The molecule has 0 aliphatic carbocycles. The standard InChI is InChI=1S/C17H25O4PS2/c1-5-20-22(19,21-6-2)17(24-8-4)16(23-7-3)15(18)14-12-10-9-11-13-14/h9-13H,5-8H2,1-4H3/b17-16+. The van der Waals surface area contributed by atoms with Crippen molar-refractivity contribution in [3.05, 3.63) is 45.4 Å². The number of carbonyl (C=O) groups excluding carboxylic acids is 1. The van der Waals surface area contributed by atoms with E-state index >= 15 is 0 Å². The van der Waals surface area contributed by atoms with Gasteiger partial charge in [-0.05, 0) is 25.4 Å². The molecule has 0 N–H and O–H groups in total. The van der Waals surface area contributed by atoms with Gasteiger partial charge in [-0.25, -0.2) is 0 Å². The van der Waals surface area contributed by atoms with Crippen LogP contribution >= 0.6 is 31.1 Å². The van der Waals surface area contributed by atoms with E-state index in [1.165, 1.54) is 23.5 Å². The largest absolute Gasteiger partial charge is 0.368 e. The Morgan fingerprint density at radius 1 is 0.958 bits per heavy atom. The molecule has 0 fully saturated rings. The Morgan fingerprint density at radius 3 is 1.96 bits per heavy atom. The molecule has 1 aromatic carbocycles. The monoisotopic (exact) mass is 388 g/mol. The number of carbonyl (C=O) groups is 1. The van der Waals surface area contributed by atoms with Crippen molar-refractivity contribution in [2.75, 3.05) is 24.7 Å². The fraction of sp³-hybridized carbons (Fsp3) is 0.471. The molecule has 0 unspecified atom stereocenters. The summed E-state index contributed by atoms with van der Waals surface area (Å²) in [6.07, 6.45) is 0. The quantitative estimate of drug-likeness (QED) is 0.271. The zero-order valence-corrected chi connectivity index (χ0v) is 17.1. The molecule has 1 aromatic rings. The topological polar surface area (TPSA) is 52.6 Å². The van der Waals surface area contributed by atoms with E-state index in [1.54, 1.807) is 26.0 Å². The molecular formula is C17H25O4PS2. The number of ketones is 1. The summed E-state index contributed by atoms with van der Waals surface area (Å²) in [5.41, 5.74) is 0.571. The highest BCUT2D eigenvalue weighted by molar-refractivity contribution is 8.12. The fourth-order valence-corrected chi connectivity index (χ4v) is 6.71. The summed E-state index contributed by atoms with van der Waals surface area (Å²) in [6, 6.07) is 9.02. The van der Waals surface area contributed by atoms with Crippen LogP contribution < -0.4 is 0 Å². The number of allylic oxidation sites excluding steroid dienone is 1. The van der Waals surface area contributed by atoms with Crippen LogP contribution in [-0.2, 0) is 13.6 Å². The van der Waals surface area contributed by atoms with Crippen LogP contribution in [0.25, 0.3) is 0 Å². The molecule has 0 saturated heterocycles. The second-order valence-electron chi connectivity index (χ2n) is 4.53. The van der Waals surface area contributed by atoms with Crippen molar-refractivity contribution < 1.29 is 18.4 Å². The van der Waals surface area contributed by atoms with Crippen molar-refractivity contribution in [2.24, 2.45) is 0 Å². The summed E-state index contributed by atoms with van der Waals surface area (Å²) in [7, 11) is -3.51. The maximum absolute atomic E-state index is 13.3. The lowest BCUT2D eigenvalue weighted by molar-refractivity contribution is 0.104. The van der Waals surface area contributed by atoms with E-state index in [9.17, 15) is 9.36 Å². The lowest BCUT2D eigenvalue weighted by Gasteiger charge is -2.22. The summed E-state index contributed by atoms with van der Waals surface area (Å²) in [6.45, 7) is 7.97. The van der Waals surface area contributed by atoms with Crippen LogP contribution in [0.5, 0.6) is 0 Å². The fourth-order valence-electron chi connectivity index (χ4n) is 1.99. The molecule has 0 radical (unpaired) electrons. The molecule has 0 heterocycles. The summed E-state index contributed by atoms with van der Waals surface area (Å²) < 4.78 is 24.7. The highest BCUT2D eigenvalue weighted by Crippen LogP contribution is 2.62. The van der Waals surface area contributed by atoms with Gasteiger partial charge in [0, 0.05) is 5.56 Å². The highest BCUT2D eigenvalue weighted by atomic mass is 32.2. The van der Waals surface area contributed by atoms with Crippen molar-refractivity contribution in [1.29, 1.82) is 0 Å². The zero-order chi connectivity index (χ0) is 18.0. The highest BCUT2D eigenvalue weighted by Gasteiger charge is 2.35. The minimum Gasteiger partial charge on any atom is -0.305 e. The van der Waals surface area contributed by atoms with Gasteiger partial charge in [-0.3, -0.25) is 9.36 Å². The van der Waals surface area contributed by atoms with E-state index in [1.807, 2.05) is 32.0 Å². The maximum Gasteiger partial charge on any atom is 0.368 e. The van der Waals surface area contributed by atoms with Gasteiger partial charge >= 0.3 is 7.60 Å². The van der Waals surface area contributed by atoms with Crippen LogP contribution in [0.15, 0.2) is 39.9 Å². The molecule has 0 aromatic heterocycles. The Kier molecular flexibility index (Phi) is 10.0. The molecule has 0 saturated carbocycles.